The molecule has 0 unspecified atom stereocenters. The summed E-state index contributed by atoms with van der Waals surface area (Å²) >= 11 is 2.95. The normalized spacial score (nSPS) is 10.3. The van der Waals surface area contributed by atoms with Crippen molar-refractivity contribution in [2.24, 2.45) is 0 Å². The quantitative estimate of drug-likeness (QED) is 0.616. The Hall–Kier alpha value is -1.80. The minimum absolute atomic E-state index is 0.257. The molecule has 22 heavy (non-hydrogen) atoms. The maximum absolute atomic E-state index is 12.3. The molecule has 1 heterocycles. The lowest BCUT2D eigenvalue weighted by atomic mass is 10.2. The van der Waals surface area contributed by atoms with Crippen LogP contribution in [-0.4, -0.2) is 35.6 Å². The molecule has 2 rings (SSSR count). The molecule has 0 fully saturated rings. The first-order chi connectivity index (χ1) is 10.7. The maximum Gasteiger partial charge on any atom is 0.257 e. The fourth-order valence-electron chi connectivity index (χ4n) is 1.70. The molecule has 1 N–H and O–H groups in total. The van der Waals surface area contributed by atoms with E-state index in [0.717, 1.165) is 10.1 Å². The number of thioether (sulfide) groups is 1. The summed E-state index contributed by atoms with van der Waals surface area (Å²) in [7, 11) is 1.56. The Bertz CT molecular complexity index is 646. The smallest absolute Gasteiger partial charge is 0.257 e. The first kappa shape index (κ1) is 16.6. The van der Waals surface area contributed by atoms with Gasteiger partial charge in [-0.1, -0.05) is 30.0 Å². The number of hydrogen-bond donors (Lipinski definition) is 1. The molecule has 0 aliphatic rings. The highest BCUT2D eigenvalue weighted by molar-refractivity contribution is 8.01. The highest BCUT2D eigenvalue weighted by Crippen LogP contribution is 2.29. The molecular weight excluding hydrogens is 322 g/mol. The van der Waals surface area contributed by atoms with Gasteiger partial charge in [-0.3, -0.25) is 10.1 Å². The highest BCUT2D eigenvalue weighted by atomic mass is 32.2. The molecule has 118 valence electrons. The lowest BCUT2D eigenvalue weighted by Gasteiger charge is -2.10. The first-order valence-corrected chi connectivity index (χ1v) is 8.56. The summed E-state index contributed by atoms with van der Waals surface area (Å²) in [5.41, 5.74) is 0.476. The number of benzene rings is 1. The Labute approximate surface area is 137 Å². The Balaban J connectivity index is 2.12. The van der Waals surface area contributed by atoms with Crippen molar-refractivity contribution in [3.8, 4) is 11.5 Å². The molecule has 0 radical (unpaired) electrons. The summed E-state index contributed by atoms with van der Waals surface area (Å²) in [5, 5.41) is 11.2. The summed E-state index contributed by atoms with van der Waals surface area (Å²) < 4.78 is 11.5. The van der Waals surface area contributed by atoms with Crippen LogP contribution in [0.1, 0.15) is 24.2 Å². The Morgan fingerprint density at radius 3 is 2.82 bits per heavy atom. The van der Waals surface area contributed by atoms with Crippen molar-refractivity contribution in [1.29, 1.82) is 0 Å². The summed E-state index contributed by atoms with van der Waals surface area (Å²) in [5.74, 6) is 1.79. The number of methoxy groups -OCH3 is 1. The van der Waals surface area contributed by atoms with E-state index in [2.05, 4.69) is 15.5 Å². The molecule has 0 bridgehead atoms. The van der Waals surface area contributed by atoms with Crippen LogP contribution in [0, 0.1) is 0 Å². The maximum atomic E-state index is 12.3. The monoisotopic (exact) mass is 339 g/mol. The second-order valence-corrected chi connectivity index (χ2v) is 6.55. The first-order valence-electron chi connectivity index (χ1n) is 6.76. The van der Waals surface area contributed by atoms with E-state index in [9.17, 15) is 4.79 Å². The van der Waals surface area contributed by atoms with Crippen LogP contribution in [-0.2, 0) is 0 Å². The van der Waals surface area contributed by atoms with E-state index in [1.807, 2.05) is 13.8 Å². The van der Waals surface area contributed by atoms with Gasteiger partial charge in [-0.15, -0.1) is 10.2 Å². The van der Waals surface area contributed by atoms with Gasteiger partial charge in [0.1, 0.15) is 0 Å². The molecule has 0 saturated heterocycles. The van der Waals surface area contributed by atoms with Crippen molar-refractivity contribution in [2.45, 2.75) is 18.2 Å². The van der Waals surface area contributed by atoms with Gasteiger partial charge in [-0.25, -0.2) is 0 Å². The van der Waals surface area contributed by atoms with Crippen LogP contribution in [0.25, 0.3) is 0 Å². The van der Waals surface area contributed by atoms with Gasteiger partial charge in [0.2, 0.25) is 5.13 Å². The van der Waals surface area contributed by atoms with Crippen LogP contribution in [0.4, 0.5) is 5.13 Å². The molecular formula is C14H17N3O3S2. The summed E-state index contributed by atoms with van der Waals surface area (Å²) in [6, 6.07) is 5.04. The van der Waals surface area contributed by atoms with E-state index < -0.39 is 0 Å². The van der Waals surface area contributed by atoms with Crippen LogP contribution in [0.15, 0.2) is 22.5 Å². The summed E-state index contributed by atoms with van der Waals surface area (Å²) in [6.45, 7) is 4.41. The Kier molecular flexibility index (Phi) is 6.02. The summed E-state index contributed by atoms with van der Waals surface area (Å²) in [4.78, 5) is 12.3. The number of carbonyl (C=O) groups excluding carboxylic acids is 1. The summed E-state index contributed by atoms with van der Waals surface area (Å²) in [6.07, 6.45) is 0. The SMILES string of the molecule is CCOc1cc(C(=O)Nc2nnc(SCC)s2)ccc1OC. The van der Waals surface area contributed by atoms with E-state index in [1.165, 1.54) is 11.3 Å². The number of ether oxygens (including phenoxy) is 2. The van der Waals surface area contributed by atoms with Gasteiger partial charge >= 0.3 is 0 Å². The topological polar surface area (TPSA) is 73.3 Å². The van der Waals surface area contributed by atoms with Crippen LogP contribution in [0.5, 0.6) is 11.5 Å². The fourth-order valence-corrected chi connectivity index (χ4v) is 3.34. The van der Waals surface area contributed by atoms with Crippen LogP contribution in [0.2, 0.25) is 0 Å². The molecule has 1 amide bonds. The zero-order chi connectivity index (χ0) is 15.9. The molecule has 0 atom stereocenters. The molecule has 0 aliphatic heterocycles. The molecule has 8 heteroatoms. The minimum Gasteiger partial charge on any atom is -0.493 e. The van der Waals surface area contributed by atoms with Crippen molar-refractivity contribution in [3.63, 3.8) is 0 Å². The standard InChI is InChI=1S/C14H17N3O3S2/c1-4-20-11-8-9(6-7-10(11)19-3)12(18)15-13-16-17-14(22-13)21-5-2/h6-8H,4-5H2,1-3H3,(H,15,16,18). The number of aromatic nitrogens is 2. The highest BCUT2D eigenvalue weighted by Gasteiger charge is 2.13. The second kappa shape index (κ2) is 8.00. The lowest BCUT2D eigenvalue weighted by molar-refractivity contribution is 0.102. The average Bonchev–Trinajstić information content (AvgIpc) is 2.95. The molecule has 6 nitrogen and oxygen atoms in total. The van der Waals surface area contributed by atoms with Gasteiger partial charge in [0.05, 0.1) is 13.7 Å². The minimum atomic E-state index is -0.257. The molecule has 0 saturated carbocycles. The van der Waals surface area contributed by atoms with E-state index in [-0.39, 0.29) is 5.91 Å². The third-order valence-electron chi connectivity index (χ3n) is 2.62. The van der Waals surface area contributed by atoms with Crippen molar-refractivity contribution in [3.05, 3.63) is 23.8 Å². The predicted molar refractivity (Wildman–Crippen MR) is 88.4 cm³/mol. The number of rotatable bonds is 7. The van der Waals surface area contributed by atoms with E-state index in [4.69, 9.17) is 9.47 Å². The van der Waals surface area contributed by atoms with Crippen LogP contribution >= 0.6 is 23.1 Å². The number of nitrogens with one attached hydrogen (secondary N) is 1. The number of anilines is 1. The number of amides is 1. The molecule has 0 spiro atoms. The third-order valence-corrected chi connectivity index (χ3v) is 4.47. The molecule has 1 aromatic heterocycles. The van der Waals surface area contributed by atoms with E-state index in [1.54, 1.807) is 37.1 Å². The predicted octanol–water partition coefficient (Wildman–Crippen LogP) is 3.31. The lowest BCUT2D eigenvalue weighted by Crippen LogP contribution is -2.12. The van der Waals surface area contributed by atoms with Gasteiger partial charge in [0.25, 0.3) is 5.91 Å². The number of nitrogens with zero attached hydrogens (tertiary/aromatic N) is 2. The largest absolute Gasteiger partial charge is 0.493 e. The Morgan fingerprint density at radius 1 is 1.32 bits per heavy atom. The molecule has 2 aromatic rings. The van der Waals surface area contributed by atoms with Crippen molar-refractivity contribution >= 4 is 34.1 Å². The zero-order valence-electron chi connectivity index (χ0n) is 12.6. The molecule has 0 aliphatic carbocycles. The van der Waals surface area contributed by atoms with Gasteiger partial charge in [0, 0.05) is 5.56 Å². The number of carbonyl (C=O) groups is 1. The van der Waals surface area contributed by atoms with E-state index in [0.29, 0.717) is 28.8 Å². The van der Waals surface area contributed by atoms with Gasteiger partial charge in [-0.05, 0) is 30.9 Å². The van der Waals surface area contributed by atoms with Gasteiger partial charge in [0.15, 0.2) is 15.8 Å². The van der Waals surface area contributed by atoms with Crippen molar-refractivity contribution in [2.75, 3.05) is 24.8 Å². The molecule has 1 aromatic carbocycles. The number of hydrogen-bond acceptors (Lipinski definition) is 7. The van der Waals surface area contributed by atoms with Crippen molar-refractivity contribution < 1.29 is 14.3 Å². The average molecular weight is 339 g/mol. The zero-order valence-corrected chi connectivity index (χ0v) is 14.2. The van der Waals surface area contributed by atoms with Crippen LogP contribution in [0.3, 0.4) is 0 Å². The van der Waals surface area contributed by atoms with Crippen LogP contribution < -0.4 is 14.8 Å². The Morgan fingerprint density at radius 2 is 2.14 bits per heavy atom. The second-order valence-electron chi connectivity index (χ2n) is 4.06. The fraction of sp³-hybridized carbons (Fsp3) is 0.357. The van der Waals surface area contributed by atoms with Gasteiger partial charge in [-0.2, -0.15) is 0 Å². The van der Waals surface area contributed by atoms with Gasteiger partial charge < -0.3 is 9.47 Å². The van der Waals surface area contributed by atoms with E-state index >= 15 is 0 Å². The van der Waals surface area contributed by atoms with Crippen molar-refractivity contribution in [1.82, 2.24) is 10.2 Å². The third kappa shape index (κ3) is 4.11.